The topological polar surface area (TPSA) is 9.72 Å². The Labute approximate surface area is 331 Å². The quantitative estimate of drug-likeness (QED) is 0.146. The fraction of sp³-hybridized carbons (Fsp3) is 0. The highest BCUT2D eigenvalue weighted by molar-refractivity contribution is 7.27. The van der Waals surface area contributed by atoms with Crippen molar-refractivity contribution in [1.29, 1.82) is 0 Å². The van der Waals surface area contributed by atoms with Crippen molar-refractivity contribution < 1.29 is 0 Å². The van der Waals surface area contributed by atoms with Crippen LogP contribution in [0, 0.1) is 0 Å². The molecular weight excluding hydrogens is 699 g/mol. The first-order valence-electron chi connectivity index (χ1n) is 19.0. The SMILES string of the molecule is c1ccc(N(c2ccccc2)c2cccc3c2cc(N(c2ccccc2)c2ccccc2)c2sc4c(N(c5ccccc5)c5ccccc5)cccc4c23)cc1. The van der Waals surface area contributed by atoms with Gasteiger partial charge in [-0.25, -0.2) is 0 Å². The summed E-state index contributed by atoms with van der Waals surface area (Å²) in [5.41, 5.74) is 10.1. The van der Waals surface area contributed by atoms with Crippen molar-refractivity contribution in [2.75, 3.05) is 14.7 Å². The molecule has 10 aromatic rings. The van der Waals surface area contributed by atoms with E-state index in [1.54, 1.807) is 0 Å². The third-order valence-corrected chi connectivity index (χ3v) is 11.6. The predicted octanol–water partition coefficient (Wildman–Crippen LogP) is 15.6. The number of benzene rings is 9. The van der Waals surface area contributed by atoms with Crippen molar-refractivity contribution in [2.24, 2.45) is 0 Å². The molecule has 0 N–H and O–H groups in total. The summed E-state index contributed by atoms with van der Waals surface area (Å²) in [6, 6.07) is 80.3. The van der Waals surface area contributed by atoms with Gasteiger partial charge in [0.05, 0.1) is 26.5 Å². The third-order valence-electron chi connectivity index (χ3n) is 10.4. The molecule has 0 bridgehead atoms. The van der Waals surface area contributed by atoms with E-state index in [1.165, 1.54) is 30.9 Å². The molecule has 0 amide bonds. The van der Waals surface area contributed by atoms with Crippen LogP contribution in [0.15, 0.2) is 224 Å². The summed E-state index contributed by atoms with van der Waals surface area (Å²) in [6.45, 7) is 0. The van der Waals surface area contributed by atoms with Crippen molar-refractivity contribution in [3.63, 3.8) is 0 Å². The molecule has 3 nitrogen and oxygen atoms in total. The van der Waals surface area contributed by atoms with E-state index in [0.29, 0.717) is 0 Å². The first-order chi connectivity index (χ1) is 27.8. The van der Waals surface area contributed by atoms with Gasteiger partial charge in [0, 0.05) is 50.3 Å². The molecule has 266 valence electrons. The monoisotopic (exact) mass is 735 g/mol. The van der Waals surface area contributed by atoms with Gasteiger partial charge in [-0.3, -0.25) is 0 Å². The van der Waals surface area contributed by atoms with Gasteiger partial charge in [-0.1, -0.05) is 133 Å². The number of rotatable bonds is 9. The largest absolute Gasteiger partial charge is 0.310 e. The van der Waals surface area contributed by atoms with Gasteiger partial charge >= 0.3 is 0 Å². The molecule has 1 aromatic heterocycles. The smallest absolute Gasteiger partial charge is 0.0647 e. The van der Waals surface area contributed by atoms with E-state index in [4.69, 9.17) is 0 Å². The number of fused-ring (bicyclic) bond motifs is 5. The molecule has 10 rings (SSSR count). The van der Waals surface area contributed by atoms with Crippen LogP contribution in [0.5, 0.6) is 0 Å². The van der Waals surface area contributed by atoms with Crippen LogP contribution in [0.3, 0.4) is 0 Å². The van der Waals surface area contributed by atoms with Crippen LogP contribution < -0.4 is 14.7 Å². The van der Waals surface area contributed by atoms with Crippen LogP contribution in [-0.2, 0) is 0 Å². The minimum absolute atomic E-state index is 1.10. The number of para-hydroxylation sites is 6. The minimum Gasteiger partial charge on any atom is -0.310 e. The third kappa shape index (κ3) is 5.94. The first-order valence-corrected chi connectivity index (χ1v) is 19.8. The Balaban J connectivity index is 1.34. The van der Waals surface area contributed by atoms with E-state index in [0.717, 1.165) is 51.2 Å². The van der Waals surface area contributed by atoms with Crippen LogP contribution in [0.4, 0.5) is 51.2 Å². The van der Waals surface area contributed by atoms with Gasteiger partial charge in [-0.15, -0.1) is 11.3 Å². The maximum Gasteiger partial charge on any atom is 0.0647 e. The summed E-state index contributed by atoms with van der Waals surface area (Å²) in [5.74, 6) is 0. The van der Waals surface area contributed by atoms with Gasteiger partial charge in [0.1, 0.15) is 0 Å². The Morgan fingerprint density at radius 3 is 1.00 bits per heavy atom. The average molecular weight is 736 g/mol. The van der Waals surface area contributed by atoms with Gasteiger partial charge < -0.3 is 14.7 Å². The fourth-order valence-corrected chi connectivity index (χ4v) is 9.28. The Kier molecular flexibility index (Phi) is 8.71. The normalized spacial score (nSPS) is 11.2. The first kappa shape index (κ1) is 33.4. The molecule has 0 spiro atoms. The summed E-state index contributed by atoms with van der Waals surface area (Å²) >= 11 is 1.88. The van der Waals surface area contributed by atoms with Crippen molar-refractivity contribution in [1.82, 2.24) is 0 Å². The lowest BCUT2D eigenvalue weighted by Crippen LogP contribution is -2.12. The van der Waals surface area contributed by atoms with Gasteiger partial charge in [0.2, 0.25) is 0 Å². The number of hydrogen-bond acceptors (Lipinski definition) is 4. The zero-order valence-electron chi connectivity index (χ0n) is 30.6. The standard InChI is InChI=1S/C52H37N3S/c1-7-21-38(22-8-1)53(39-23-9-2-10-24-39)47-35-19-33-44-46(47)37-49(55(42-29-15-5-16-30-42)43-31-17-6-18-32-43)52-50(44)45-34-20-36-48(51(45)56-52)54(40-25-11-3-12-26-40)41-27-13-4-14-28-41/h1-37H. The summed E-state index contributed by atoms with van der Waals surface area (Å²) in [4.78, 5) is 7.21. The van der Waals surface area contributed by atoms with Crippen LogP contribution >= 0.6 is 11.3 Å². The van der Waals surface area contributed by atoms with Gasteiger partial charge in [0.25, 0.3) is 0 Å². The predicted molar refractivity (Wildman–Crippen MR) is 241 cm³/mol. The molecule has 0 atom stereocenters. The van der Waals surface area contributed by atoms with Gasteiger partial charge in [-0.05, 0) is 96.4 Å². The zero-order valence-corrected chi connectivity index (χ0v) is 31.4. The molecule has 56 heavy (non-hydrogen) atoms. The molecule has 1 heterocycles. The summed E-state index contributed by atoms with van der Waals surface area (Å²) in [5, 5.41) is 4.87. The lowest BCUT2D eigenvalue weighted by Gasteiger charge is -2.29. The van der Waals surface area contributed by atoms with E-state index in [2.05, 4.69) is 239 Å². The van der Waals surface area contributed by atoms with Crippen molar-refractivity contribution >= 4 is 93.5 Å². The lowest BCUT2D eigenvalue weighted by molar-refractivity contribution is 1.29. The maximum atomic E-state index is 2.43. The minimum atomic E-state index is 1.10. The average Bonchev–Trinajstić information content (AvgIpc) is 3.68. The second-order valence-corrected chi connectivity index (χ2v) is 14.8. The number of anilines is 9. The lowest BCUT2D eigenvalue weighted by atomic mass is 9.98. The summed E-state index contributed by atoms with van der Waals surface area (Å²) < 4.78 is 2.47. The molecule has 0 aliphatic rings. The Morgan fingerprint density at radius 2 is 0.589 bits per heavy atom. The van der Waals surface area contributed by atoms with E-state index in [9.17, 15) is 0 Å². The second kappa shape index (κ2) is 14.6. The Bertz CT molecular complexity index is 2780. The molecule has 0 saturated carbocycles. The molecule has 0 fully saturated rings. The summed E-state index contributed by atoms with van der Waals surface area (Å²) in [6.07, 6.45) is 0. The number of thiophene rings is 1. The molecule has 9 aromatic carbocycles. The number of hydrogen-bond donors (Lipinski definition) is 0. The second-order valence-electron chi connectivity index (χ2n) is 13.7. The van der Waals surface area contributed by atoms with Crippen molar-refractivity contribution in [3.05, 3.63) is 224 Å². The van der Waals surface area contributed by atoms with Crippen molar-refractivity contribution in [3.8, 4) is 0 Å². The molecule has 0 aliphatic carbocycles. The van der Waals surface area contributed by atoms with Gasteiger partial charge in [-0.2, -0.15) is 0 Å². The van der Waals surface area contributed by atoms with E-state index in [1.807, 2.05) is 11.3 Å². The van der Waals surface area contributed by atoms with Gasteiger partial charge in [0.15, 0.2) is 0 Å². The van der Waals surface area contributed by atoms with Crippen LogP contribution in [0.1, 0.15) is 0 Å². The van der Waals surface area contributed by atoms with Crippen LogP contribution in [-0.4, -0.2) is 0 Å². The molecule has 0 aliphatic heterocycles. The molecular formula is C52H37N3S. The molecule has 0 radical (unpaired) electrons. The van der Waals surface area contributed by atoms with Crippen molar-refractivity contribution in [2.45, 2.75) is 0 Å². The Morgan fingerprint density at radius 1 is 0.250 bits per heavy atom. The van der Waals surface area contributed by atoms with E-state index in [-0.39, 0.29) is 0 Å². The van der Waals surface area contributed by atoms with E-state index >= 15 is 0 Å². The fourth-order valence-electron chi connectivity index (χ4n) is 7.96. The van der Waals surface area contributed by atoms with E-state index < -0.39 is 0 Å². The highest BCUT2D eigenvalue weighted by atomic mass is 32.1. The number of nitrogens with zero attached hydrogens (tertiary/aromatic N) is 3. The Hall–Kier alpha value is -7.14. The highest BCUT2D eigenvalue weighted by Crippen LogP contribution is 2.53. The molecule has 0 unspecified atom stereocenters. The molecule has 4 heteroatoms. The van der Waals surface area contributed by atoms with Crippen LogP contribution in [0.2, 0.25) is 0 Å². The maximum absolute atomic E-state index is 2.43. The highest BCUT2D eigenvalue weighted by Gasteiger charge is 2.25. The summed E-state index contributed by atoms with van der Waals surface area (Å²) in [7, 11) is 0. The molecule has 0 saturated heterocycles. The van der Waals surface area contributed by atoms with Crippen LogP contribution in [0.25, 0.3) is 30.9 Å². The zero-order chi connectivity index (χ0) is 37.3.